The van der Waals surface area contributed by atoms with Gasteiger partial charge in [0.1, 0.15) is 6.04 Å². The van der Waals surface area contributed by atoms with Crippen molar-refractivity contribution in [3.63, 3.8) is 0 Å². The maximum absolute atomic E-state index is 13.3. The van der Waals surface area contributed by atoms with Crippen molar-refractivity contribution in [2.24, 2.45) is 4.99 Å². The Hall–Kier alpha value is -3.56. The Balaban J connectivity index is 1.66. The smallest absolute Gasteiger partial charge is 0.220 e. The van der Waals surface area contributed by atoms with Crippen molar-refractivity contribution in [1.82, 2.24) is 10.3 Å². The van der Waals surface area contributed by atoms with Gasteiger partial charge in [0, 0.05) is 17.3 Å². The average molecular weight is 455 g/mol. The van der Waals surface area contributed by atoms with E-state index in [1.54, 1.807) is 6.20 Å². The molecule has 1 N–H and O–H groups in total. The summed E-state index contributed by atoms with van der Waals surface area (Å²) in [6.07, 6.45) is 5.29. The van der Waals surface area contributed by atoms with Crippen LogP contribution in [0, 0.1) is 11.3 Å². The van der Waals surface area contributed by atoms with Gasteiger partial charge in [0.05, 0.1) is 17.5 Å². The van der Waals surface area contributed by atoms with E-state index in [1.165, 1.54) is 11.3 Å². The normalized spacial score (nSPS) is 15.5. The highest BCUT2D eigenvalue weighted by Crippen LogP contribution is 2.29. The molecule has 5 nitrogen and oxygen atoms in total. The lowest BCUT2D eigenvalue weighted by Crippen LogP contribution is -2.36. The van der Waals surface area contributed by atoms with E-state index >= 15 is 0 Å². The molecule has 2 aromatic carbocycles. The fraction of sp³-hybridized carbons (Fsp3) is 0.259. The van der Waals surface area contributed by atoms with Gasteiger partial charge >= 0.3 is 0 Å². The Bertz CT molecular complexity index is 1230. The quantitative estimate of drug-likeness (QED) is 0.427. The van der Waals surface area contributed by atoms with Crippen molar-refractivity contribution in [2.75, 3.05) is 0 Å². The second kappa shape index (κ2) is 10.4. The van der Waals surface area contributed by atoms with Gasteiger partial charge in [-0.1, -0.05) is 55.8 Å². The third kappa shape index (κ3) is 5.10. The molecular weight excluding hydrogens is 428 g/mol. The molecule has 1 aliphatic heterocycles. The molecule has 0 aliphatic carbocycles. The number of unbranched alkanes of at least 4 members (excludes halogenated alkanes) is 1. The van der Waals surface area contributed by atoms with E-state index in [-0.39, 0.29) is 5.78 Å². The molecule has 1 atom stereocenters. The number of nitriles is 1. The third-order valence-corrected chi connectivity index (χ3v) is 6.54. The van der Waals surface area contributed by atoms with Crippen molar-refractivity contribution in [3.05, 3.63) is 87.5 Å². The Morgan fingerprint density at radius 2 is 1.97 bits per heavy atom. The average Bonchev–Trinajstić information content (AvgIpc) is 3.39. The van der Waals surface area contributed by atoms with Crippen LogP contribution in [-0.2, 0) is 6.42 Å². The molecule has 4 rings (SSSR count). The highest BCUT2D eigenvalue weighted by molar-refractivity contribution is 7.11. The molecule has 1 aromatic heterocycles. The first kappa shape index (κ1) is 22.6. The molecule has 0 saturated carbocycles. The Labute approximate surface area is 198 Å². The summed E-state index contributed by atoms with van der Waals surface area (Å²) < 4.78 is 0. The van der Waals surface area contributed by atoms with Crippen LogP contribution in [0.3, 0.4) is 0 Å². The zero-order chi connectivity index (χ0) is 23.2. The number of allylic oxidation sites excluding steroid dienone is 1. The minimum atomic E-state index is -0.553. The number of hydrogen-bond acceptors (Lipinski definition) is 6. The van der Waals surface area contributed by atoms with Crippen molar-refractivity contribution in [3.8, 4) is 17.2 Å². The number of ketones is 1. The van der Waals surface area contributed by atoms with Crippen molar-refractivity contribution in [1.29, 1.82) is 5.26 Å². The minimum absolute atomic E-state index is 0.0468. The van der Waals surface area contributed by atoms with Gasteiger partial charge < -0.3 is 5.32 Å². The van der Waals surface area contributed by atoms with E-state index < -0.39 is 6.04 Å². The van der Waals surface area contributed by atoms with Crippen LogP contribution >= 0.6 is 11.3 Å². The number of Topliss-reactive ketones (excluding diaryl/α,β-unsaturated/α-hetero) is 1. The number of rotatable bonds is 8. The van der Waals surface area contributed by atoms with Crippen LogP contribution in [0.1, 0.15) is 54.0 Å². The number of benzene rings is 2. The van der Waals surface area contributed by atoms with Crippen molar-refractivity contribution >= 4 is 23.0 Å². The zero-order valence-corrected chi connectivity index (χ0v) is 19.7. The first-order valence-corrected chi connectivity index (χ1v) is 12.0. The molecule has 0 amide bonds. The fourth-order valence-corrected chi connectivity index (χ4v) is 4.68. The van der Waals surface area contributed by atoms with Crippen molar-refractivity contribution in [2.45, 2.75) is 45.6 Å². The van der Waals surface area contributed by atoms with Crippen LogP contribution in [0.5, 0.6) is 0 Å². The topological polar surface area (TPSA) is 78.1 Å². The number of hydrogen-bond donors (Lipinski definition) is 1. The zero-order valence-electron chi connectivity index (χ0n) is 18.8. The van der Waals surface area contributed by atoms with Crippen LogP contribution in [0.2, 0.25) is 0 Å². The second-order valence-corrected chi connectivity index (χ2v) is 8.98. The molecule has 3 aromatic rings. The summed E-state index contributed by atoms with van der Waals surface area (Å²) in [4.78, 5) is 22.2. The van der Waals surface area contributed by atoms with Crippen LogP contribution in [0.25, 0.3) is 11.1 Å². The summed E-state index contributed by atoms with van der Waals surface area (Å²) in [6.45, 7) is 4.08. The maximum Gasteiger partial charge on any atom is 0.220 e. The molecule has 2 heterocycles. The summed E-state index contributed by atoms with van der Waals surface area (Å²) in [5.74, 6) is 0.720. The minimum Gasteiger partial charge on any atom is -0.348 e. The van der Waals surface area contributed by atoms with Gasteiger partial charge in [-0.2, -0.15) is 5.26 Å². The number of amidine groups is 1. The van der Waals surface area contributed by atoms with E-state index in [9.17, 15) is 10.1 Å². The van der Waals surface area contributed by atoms with Crippen LogP contribution in [0.4, 0.5) is 0 Å². The molecule has 33 heavy (non-hydrogen) atoms. The summed E-state index contributed by atoms with van der Waals surface area (Å²) >= 11 is 1.36. The Morgan fingerprint density at radius 3 is 2.67 bits per heavy atom. The van der Waals surface area contributed by atoms with E-state index in [4.69, 9.17) is 4.99 Å². The predicted octanol–water partition coefficient (Wildman–Crippen LogP) is 5.94. The van der Waals surface area contributed by atoms with Crippen molar-refractivity contribution < 1.29 is 4.79 Å². The van der Waals surface area contributed by atoms with Gasteiger partial charge in [0.15, 0.2) is 5.01 Å². The SMILES string of the molecule is CCCCC1=C(Cc2ccc(-c3ccccc3C#N)cc2)C(C(=O)c2nccs2)N=C(C)N1. The van der Waals surface area contributed by atoms with Crippen LogP contribution in [-0.4, -0.2) is 22.6 Å². The molecule has 0 spiro atoms. The summed E-state index contributed by atoms with van der Waals surface area (Å²) in [5.41, 5.74) is 5.79. The van der Waals surface area contributed by atoms with Gasteiger partial charge in [-0.25, -0.2) is 4.98 Å². The molecule has 166 valence electrons. The number of aromatic nitrogens is 1. The second-order valence-electron chi connectivity index (χ2n) is 8.08. The van der Waals surface area contributed by atoms with Gasteiger partial charge in [0.2, 0.25) is 5.78 Å². The van der Waals surface area contributed by atoms with Gasteiger partial charge in [-0.05, 0) is 54.5 Å². The monoisotopic (exact) mass is 454 g/mol. The Kier molecular flexibility index (Phi) is 7.11. The lowest BCUT2D eigenvalue weighted by molar-refractivity contribution is 0.0972. The molecule has 0 fully saturated rings. The van der Waals surface area contributed by atoms with Gasteiger partial charge in [-0.15, -0.1) is 11.3 Å². The van der Waals surface area contributed by atoms with Crippen LogP contribution in [0.15, 0.2) is 76.4 Å². The van der Waals surface area contributed by atoms with Gasteiger partial charge in [-0.3, -0.25) is 9.79 Å². The molecular formula is C27H26N4OS. The summed E-state index contributed by atoms with van der Waals surface area (Å²) in [5, 5.41) is 15.2. The molecule has 1 aliphatic rings. The maximum atomic E-state index is 13.3. The van der Waals surface area contributed by atoms with E-state index in [2.05, 4.69) is 35.4 Å². The third-order valence-electron chi connectivity index (χ3n) is 5.75. The summed E-state index contributed by atoms with van der Waals surface area (Å²) in [7, 11) is 0. The molecule has 6 heteroatoms. The van der Waals surface area contributed by atoms with E-state index in [1.807, 2.05) is 48.7 Å². The molecule has 0 radical (unpaired) electrons. The first-order valence-electron chi connectivity index (χ1n) is 11.2. The number of aliphatic imine (C=N–C) groups is 1. The highest BCUT2D eigenvalue weighted by atomic mass is 32.1. The largest absolute Gasteiger partial charge is 0.348 e. The van der Waals surface area contributed by atoms with Crippen LogP contribution < -0.4 is 5.32 Å². The number of carbonyl (C=O) groups is 1. The number of carbonyl (C=O) groups excluding carboxylic acids is 1. The number of nitrogens with zero attached hydrogens (tertiary/aromatic N) is 3. The first-order chi connectivity index (χ1) is 16.1. The highest BCUT2D eigenvalue weighted by Gasteiger charge is 2.31. The lowest BCUT2D eigenvalue weighted by atomic mass is 9.90. The Morgan fingerprint density at radius 1 is 1.18 bits per heavy atom. The predicted molar refractivity (Wildman–Crippen MR) is 133 cm³/mol. The standard InChI is InChI=1S/C27H26N4OS/c1-3-4-9-24-23(25(31-18(2)30-24)26(32)27-29-14-15-33-27)16-19-10-12-20(13-11-19)22-8-6-5-7-21(22)17-28/h5-8,10-15,25H,3-4,9,16H2,1-2H3,(H,30,31). The number of thiazole rings is 1. The summed E-state index contributed by atoms with van der Waals surface area (Å²) in [6, 6.07) is 17.5. The number of nitrogens with one attached hydrogen (secondary N) is 1. The van der Waals surface area contributed by atoms with Gasteiger partial charge in [0.25, 0.3) is 0 Å². The van der Waals surface area contributed by atoms with E-state index in [0.717, 1.165) is 53.1 Å². The van der Waals surface area contributed by atoms with E-state index in [0.29, 0.717) is 17.0 Å². The lowest BCUT2D eigenvalue weighted by Gasteiger charge is -2.27. The molecule has 0 bridgehead atoms. The molecule has 1 unspecified atom stereocenters. The molecule has 0 saturated heterocycles. The fourth-order valence-electron chi connectivity index (χ4n) is 4.08.